The fourth-order valence-electron chi connectivity index (χ4n) is 5.61. The maximum Gasteiger partial charge on any atom is 0.337 e. The average molecular weight is 598 g/mol. The SMILES string of the molecule is COC(=O)c1ccc(OC(C)(C)OCCc2c(CCO)n(C(c3ccccc3)c3ccccc3)c3ccc(Cl)cc23)cc1. The third-order valence-corrected chi connectivity index (χ3v) is 7.70. The van der Waals surface area contributed by atoms with Crippen LogP contribution in [-0.2, 0) is 22.3 Å². The molecule has 0 atom stereocenters. The molecule has 0 spiro atoms. The van der Waals surface area contributed by atoms with Gasteiger partial charge in [0.05, 0.1) is 25.3 Å². The number of methoxy groups -OCH3 is 1. The van der Waals surface area contributed by atoms with Crippen molar-refractivity contribution in [2.75, 3.05) is 20.3 Å². The second-order valence-corrected chi connectivity index (χ2v) is 11.2. The van der Waals surface area contributed by atoms with Crippen molar-refractivity contribution in [3.8, 4) is 5.75 Å². The Kier molecular flexibility index (Phi) is 9.51. The Morgan fingerprint density at radius 3 is 2.09 bits per heavy atom. The normalized spacial score (nSPS) is 11.7. The highest BCUT2D eigenvalue weighted by Crippen LogP contribution is 2.38. The molecular formula is C36H36ClNO5. The van der Waals surface area contributed by atoms with E-state index in [1.54, 1.807) is 24.3 Å². The van der Waals surface area contributed by atoms with Gasteiger partial charge in [-0.15, -0.1) is 0 Å². The highest BCUT2D eigenvalue weighted by Gasteiger charge is 2.26. The number of nitrogens with zero attached hydrogens (tertiary/aromatic N) is 1. The van der Waals surface area contributed by atoms with Gasteiger partial charge in [0.25, 0.3) is 0 Å². The van der Waals surface area contributed by atoms with E-state index in [2.05, 4.69) is 59.2 Å². The first-order valence-corrected chi connectivity index (χ1v) is 14.7. The summed E-state index contributed by atoms with van der Waals surface area (Å²) in [5, 5.41) is 11.9. The highest BCUT2D eigenvalue weighted by molar-refractivity contribution is 6.31. The Morgan fingerprint density at radius 2 is 1.51 bits per heavy atom. The minimum Gasteiger partial charge on any atom is -0.465 e. The molecule has 0 saturated heterocycles. The van der Waals surface area contributed by atoms with Crippen molar-refractivity contribution in [3.05, 3.63) is 136 Å². The number of aromatic nitrogens is 1. The molecule has 7 heteroatoms. The van der Waals surface area contributed by atoms with Crippen LogP contribution in [0.25, 0.3) is 10.9 Å². The molecule has 0 fully saturated rings. The van der Waals surface area contributed by atoms with E-state index in [9.17, 15) is 9.90 Å². The van der Waals surface area contributed by atoms with Gasteiger partial charge in [-0.2, -0.15) is 0 Å². The summed E-state index contributed by atoms with van der Waals surface area (Å²) in [4.78, 5) is 11.8. The summed E-state index contributed by atoms with van der Waals surface area (Å²) in [5.74, 6) is -0.756. The van der Waals surface area contributed by atoms with Gasteiger partial charge in [-0.1, -0.05) is 72.3 Å². The summed E-state index contributed by atoms with van der Waals surface area (Å²) < 4.78 is 19.5. The largest absolute Gasteiger partial charge is 0.465 e. The fraction of sp³-hybridized carbons (Fsp3) is 0.250. The summed E-state index contributed by atoms with van der Waals surface area (Å²) in [6, 6.07) is 33.5. The molecule has 0 aliphatic carbocycles. The smallest absolute Gasteiger partial charge is 0.337 e. The molecule has 4 aromatic carbocycles. The molecule has 0 aliphatic heterocycles. The van der Waals surface area contributed by atoms with Crippen molar-refractivity contribution in [3.63, 3.8) is 0 Å². The molecule has 5 rings (SSSR count). The Balaban J connectivity index is 1.48. The predicted octanol–water partition coefficient (Wildman–Crippen LogP) is 7.63. The first-order chi connectivity index (χ1) is 20.8. The van der Waals surface area contributed by atoms with Gasteiger partial charge >= 0.3 is 5.97 Å². The predicted molar refractivity (Wildman–Crippen MR) is 170 cm³/mol. The molecule has 0 bridgehead atoms. The van der Waals surface area contributed by atoms with E-state index in [1.807, 2.05) is 38.1 Å². The number of fused-ring (bicyclic) bond motifs is 1. The topological polar surface area (TPSA) is 69.9 Å². The fourth-order valence-corrected chi connectivity index (χ4v) is 5.78. The van der Waals surface area contributed by atoms with E-state index >= 15 is 0 Å². The molecular weight excluding hydrogens is 562 g/mol. The Hall–Kier alpha value is -4.10. The van der Waals surface area contributed by atoms with Gasteiger partial charge < -0.3 is 23.9 Å². The Labute approximate surface area is 257 Å². The van der Waals surface area contributed by atoms with Crippen LogP contribution in [0.3, 0.4) is 0 Å². The number of hydrogen-bond donors (Lipinski definition) is 1. The van der Waals surface area contributed by atoms with E-state index < -0.39 is 11.8 Å². The van der Waals surface area contributed by atoms with Crippen molar-refractivity contribution in [2.24, 2.45) is 0 Å². The number of benzene rings is 4. The maximum atomic E-state index is 11.8. The molecule has 43 heavy (non-hydrogen) atoms. The van der Waals surface area contributed by atoms with E-state index in [1.165, 1.54) is 7.11 Å². The van der Waals surface area contributed by atoms with Crippen LogP contribution in [0.5, 0.6) is 5.75 Å². The molecule has 1 aromatic heterocycles. The van der Waals surface area contributed by atoms with Crippen LogP contribution in [-0.4, -0.2) is 41.8 Å². The number of hydrogen-bond acceptors (Lipinski definition) is 5. The summed E-state index contributed by atoms with van der Waals surface area (Å²) in [6.45, 7) is 4.09. The van der Waals surface area contributed by atoms with Gasteiger partial charge in [0.1, 0.15) is 5.75 Å². The standard InChI is InChI=1S/C36H36ClNO5/c1-36(2,43-29-17-14-27(15-18-29)35(40)41-3)42-23-21-30-31-24-28(37)16-19-32(31)38(33(30)20-22-39)34(25-10-6-4-7-11-25)26-12-8-5-9-13-26/h4-19,24,34,39H,20-23H2,1-3H3. The van der Waals surface area contributed by atoms with Crippen LogP contribution < -0.4 is 4.74 Å². The molecule has 6 nitrogen and oxygen atoms in total. The van der Waals surface area contributed by atoms with E-state index in [0.29, 0.717) is 35.8 Å². The number of halogens is 1. The number of esters is 1. The summed E-state index contributed by atoms with van der Waals surface area (Å²) in [5.41, 5.74) is 5.91. The van der Waals surface area contributed by atoms with Crippen LogP contribution in [0.1, 0.15) is 52.6 Å². The third kappa shape index (κ3) is 6.94. The Morgan fingerprint density at radius 1 is 0.884 bits per heavy atom. The molecule has 0 amide bonds. The quantitative estimate of drug-likeness (QED) is 0.118. The summed E-state index contributed by atoms with van der Waals surface area (Å²) in [7, 11) is 1.35. The zero-order valence-corrected chi connectivity index (χ0v) is 25.4. The van der Waals surface area contributed by atoms with Gasteiger partial charge in [-0.25, -0.2) is 4.79 Å². The van der Waals surface area contributed by atoms with Gasteiger partial charge in [-0.05, 0) is 65.6 Å². The second-order valence-electron chi connectivity index (χ2n) is 10.8. The van der Waals surface area contributed by atoms with E-state index in [4.69, 9.17) is 25.8 Å². The van der Waals surface area contributed by atoms with Crippen LogP contribution in [0, 0.1) is 0 Å². The van der Waals surface area contributed by atoms with E-state index in [-0.39, 0.29) is 12.6 Å². The van der Waals surface area contributed by atoms with Crippen molar-refractivity contribution >= 4 is 28.5 Å². The van der Waals surface area contributed by atoms with Crippen LogP contribution in [0.2, 0.25) is 5.02 Å². The molecule has 222 valence electrons. The van der Waals surface area contributed by atoms with Crippen LogP contribution in [0.4, 0.5) is 0 Å². The number of rotatable bonds is 12. The molecule has 0 unspecified atom stereocenters. The minimum atomic E-state index is -0.934. The third-order valence-electron chi connectivity index (χ3n) is 7.46. The lowest BCUT2D eigenvalue weighted by atomic mass is 9.97. The van der Waals surface area contributed by atoms with Gasteiger partial charge in [0.15, 0.2) is 0 Å². The molecule has 0 saturated carbocycles. The number of aliphatic hydroxyl groups excluding tert-OH is 1. The number of carbonyl (C=O) groups is 1. The average Bonchev–Trinajstić information content (AvgIpc) is 3.30. The van der Waals surface area contributed by atoms with Crippen LogP contribution >= 0.6 is 11.6 Å². The van der Waals surface area contributed by atoms with Crippen molar-refractivity contribution < 1.29 is 24.1 Å². The van der Waals surface area contributed by atoms with Crippen molar-refractivity contribution in [1.29, 1.82) is 0 Å². The van der Waals surface area contributed by atoms with Gasteiger partial charge in [-0.3, -0.25) is 0 Å². The molecule has 0 aliphatic rings. The Bertz CT molecular complexity index is 1620. The lowest BCUT2D eigenvalue weighted by molar-refractivity contribution is -0.155. The monoisotopic (exact) mass is 597 g/mol. The van der Waals surface area contributed by atoms with Gasteiger partial charge in [0, 0.05) is 48.5 Å². The summed E-state index contributed by atoms with van der Waals surface area (Å²) in [6.07, 6.45) is 1.06. The molecule has 1 N–H and O–H groups in total. The number of aliphatic hydroxyl groups is 1. The first-order valence-electron chi connectivity index (χ1n) is 14.3. The zero-order valence-electron chi connectivity index (χ0n) is 24.6. The van der Waals surface area contributed by atoms with E-state index in [0.717, 1.165) is 33.3 Å². The number of carbonyl (C=O) groups excluding carboxylic acids is 1. The molecule has 1 heterocycles. The lowest BCUT2D eigenvalue weighted by Gasteiger charge is -2.27. The summed E-state index contributed by atoms with van der Waals surface area (Å²) >= 11 is 6.54. The highest BCUT2D eigenvalue weighted by atomic mass is 35.5. The second kappa shape index (κ2) is 13.5. The molecule has 5 aromatic rings. The maximum absolute atomic E-state index is 11.8. The zero-order chi connectivity index (χ0) is 30.4. The number of ether oxygens (including phenoxy) is 3. The first kappa shape index (κ1) is 30.4. The minimum absolute atomic E-state index is 0.00435. The van der Waals surface area contributed by atoms with Crippen molar-refractivity contribution in [1.82, 2.24) is 4.57 Å². The lowest BCUT2D eigenvalue weighted by Crippen LogP contribution is -2.32. The molecule has 0 radical (unpaired) electrons. The van der Waals surface area contributed by atoms with Crippen molar-refractivity contribution in [2.45, 2.75) is 38.5 Å². The van der Waals surface area contributed by atoms with Gasteiger partial charge in [0.2, 0.25) is 5.79 Å². The van der Waals surface area contributed by atoms with Crippen LogP contribution in [0.15, 0.2) is 103 Å².